The molecule has 0 aromatic carbocycles. The highest BCUT2D eigenvalue weighted by molar-refractivity contribution is 5.86. The van der Waals surface area contributed by atoms with Crippen molar-refractivity contribution in [2.75, 3.05) is 30.3 Å². The van der Waals surface area contributed by atoms with Crippen LogP contribution in [-0.4, -0.2) is 63.3 Å². The summed E-state index contributed by atoms with van der Waals surface area (Å²) in [5.41, 5.74) is 0.855. The van der Waals surface area contributed by atoms with E-state index in [0.29, 0.717) is 55.6 Å². The topological polar surface area (TPSA) is 135 Å². The zero-order valence-electron chi connectivity index (χ0n) is 22.3. The van der Waals surface area contributed by atoms with Gasteiger partial charge in [0.05, 0.1) is 17.5 Å². The number of unbranched alkanes of at least 4 members (excludes halogenated alkanes) is 1. The van der Waals surface area contributed by atoms with Crippen molar-refractivity contribution in [3.63, 3.8) is 0 Å². The predicted octanol–water partition coefficient (Wildman–Crippen LogP) is 3.99. The Kier molecular flexibility index (Phi) is 9.71. The van der Waals surface area contributed by atoms with Crippen LogP contribution in [0.4, 0.5) is 22.4 Å². The van der Waals surface area contributed by atoms with Crippen LogP contribution in [0.25, 0.3) is 0 Å². The summed E-state index contributed by atoms with van der Waals surface area (Å²) in [6.07, 6.45) is 4.85. The first kappa shape index (κ1) is 27.8. The Morgan fingerprint density at radius 2 is 2.11 bits per heavy atom. The van der Waals surface area contributed by atoms with Gasteiger partial charge in [0.2, 0.25) is 17.7 Å². The minimum absolute atomic E-state index is 0.152. The van der Waals surface area contributed by atoms with E-state index in [1.54, 1.807) is 12.3 Å². The van der Waals surface area contributed by atoms with Crippen LogP contribution in [-0.2, 0) is 9.53 Å². The Hall–Kier alpha value is -3.81. The maximum atomic E-state index is 12.7. The first-order valence-electron chi connectivity index (χ1n) is 12.7. The SMILES string of the molecule is CCCNc1nc(Nc2cc(C)no2)ncc1C#CCCCNC(=O)C1CCCN1C(=O)OC(C)(C)C. The predicted molar refractivity (Wildman–Crippen MR) is 140 cm³/mol. The molecule has 200 valence electrons. The first-order chi connectivity index (χ1) is 17.7. The molecule has 2 aromatic heterocycles. The number of amides is 2. The van der Waals surface area contributed by atoms with Crippen molar-refractivity contribution in [1.29, 1.82) is 0 Å². The molecule has 0 saturated carbocycles. The third-order valence-electron chi connectivity index (χ3n) is 5.38. The number of aryl methyl sites for hydroxylation is 1. The number of anilines is 3. The van der Waals surface area contributed by atoms with E-state index in [9.17, 15) is 9.59 Å². The van der Waals surface area contributed by atoms with Crippen LogP contribution in [0, 0.1) is 18.8 Å². The summed E-state index contributed by atoms with van der Waals surface area (Å²) in [6.45, 7) is 11.1. The maximum absolute atomic E-state index is 12.7. The molecule has 0 radical (unpaired) electrons. The number of hydrogen-bond acceptors (Lipinski definition) is 9. The van der Waals surface area contributed by atoms with Gasteiger partial charge >= 0.3 is 6.09 Å². The maximum Gasteiger partial charge on any atom is 0.410 e. The lowest BCUT2D eigenvalue weighted by Gasteiger charge is -2.28. The second-order valence-electron chi connectivity index (χ2n) is 9.87. The van der Waals surface area contributed by atoms with Gasteiger partial charge in [-0.25, -0.2) is 9.78 Å². The van der Waals surface area contributed by atoms with Crippen LogP contribution >= 0.6 is 0 Å². The lowest BCUT2D eigenvalue weighted by Crippen LogP contribution is -2.47. The summed E-state index contributed by atoms with van der Waals surface area (Å²) in [5, 5.41) is 13.0. The Bertz CT molecular complexity index is 1130. The molecule has 2 amide bonds. The minimum atomic E-state index is -0.594. The van der Waals surface area contributed by atoms with Crippen LogP contribution in [0.3, 0.4) is 0 Å². The summed E-state index contributed by atoms with van der Waals surface area (Å²) in [7, 11) is 0. The molecule has 0 spiro atoms. The molecular formula is C26H37N7O4. The quantitative estimate of drug-likeness (QED) is 0.337. The molecule has 3 N–H and O–H groups in total. The van der Waals surface area contributed by atoms with E-state index in [2.05, 4.69) is 49.8 Å². The zero-order chi connectivity index (χ0) is 26.8. The molecule has 1 fully saturated rings. The number of ether oxygens (including phenoxy) is 1. The van der Waals surface area contributed by atoms with Crippen molar-refractivity contribution in [3.05, 3.63) is 23.5 Å². The van der Waals surface area contributed by atoms with Crippen molar-refractivity contribution in [3.8, 4) is 11.8 Å². The highest BCUT2D eigenvalue weighted by Crippen LogP contribution is 2.21. The zero-order valence-corrected chi connectivity index (χ0v) is 22.3. The lowest BCUT2D eigenvalue weighted by atomic mass is 10.2. The normalized spacial score (nSPS) is 15.1. The van der Waals surface area contributed by atoms with Gasteiger partial charge in [-0.05, 0) is 53.4 Å². The monoisotopic (exact) mass is 511 g/mol. The first-order valence-corrected chi connectivity index (χ1v) is 12.7. The van der Waals surface area contributed by atoms with E-state index >= 15 is 0 Å². The van der Waals surface area contributed by atoms with E-state index in [1.165, 1.54) is 4.90 Å². The Balaban J connectivity index is 1.50. The molecule has 1 aliphatic rings. The summed E-state index contributed by atoms with van der Waals surface area (Å²) in [5.74, 6) is 7.59. The number of hydrogen-bond donors (Lipinski definition) is 3. The van der Waals surface area contributed by atoms with E-state index < -0.39 is 17.7 Å². The lowest BCUT2D eigenvalue weighted by molar-refractivity contribution is -0.125. The molecule has 11 nitrogen and oxygen atoms in total. The van der Waals surface area contributed by atoms with Gasteiger partial charge in [-0.3, -0.25) is 15.0 Å². The van der Waals surface area contributed by atoms with Gasteiger partial charge in [0.25, 0.3) is 0 Å². The number of nitrogens with zero attached hydrogens (tertiary/aromatic N) is 4. The van der Waals surface area contributed by atoms with Crippen LogP contribution in [0.5, 0.6) is 0 Å². The molecule has 11 heteroatoms. The van der Waals surface area contributed by atoms with Crippen LogP contribution in [0.1, 0.15) is 71.1 Å². The Labute approximate surface area is 218 Å². The number of nitrogens with one attached hydrogen (secondary N) is 3. The average molecular weight is 512 g/mol. The number of carbonyl (C=O) groups excluding carboxylic acids is 2. The van der Waals surface area contributed by atoms with E-state index in [-0.39, 0.29) is 5.91 Å². The molecule has 37 heavy (non-hydrogen) atoms. The second kappa shape index (κ2) is 12.9. The fourth-order valence-corrected chi connectivity index (χ4v) is 3.69. The van der Waals surface area contributed by atoms with Crippen LogP contribution in [0.2, 0.25) is 0 Å². The molecule has 1 unspecified atom stereocenters. The van der Waals surface area contributed by atoms with E-state index in [1.807, 2.05) is 27.7 Å². The molecule has 1 saturated heterocycles. The Morgan fingerprint density at radius 1 is 1.30 bits per heavy atom. The average Bonchev–Trinajstić information content (AvgIpc) is 3.49. The number of aromatic nitrogens is 3. The standard InChI is InChI=1S/C26H37N7O4/c1-6-13-27-22-19(17-29-24(31-22)30-21-16-18(2)32-37-21)11-8-7-9-14-28-23(34)20-12-10-15-33(20)25(35)36-26(3,4)5/h16-17,20H,6-7,9-10,12-15H2,1-5H3,(H,28,34)(H2,27,29,30,31). The van der Waals surface area contributed by atoms with Gasteiger partial charge in [0.1, 0.15) is 17.5 Å². The van der Waals surface area contributed by atoms with Crippen LogP contribution < -0.4 is 16.0 Å². The number of likely N-dealkylation sites (tertiary alicyclic amines) is 1. The molecule has 1 atom stereocenters. The van der Waals surface area contributed by atoms with E-state index in [4.69, 9.17) is 9.26 Å². The second-order valence-corrected chi connectivity index (χ2v) is 9.87. The van der Waals surface area contributed by atoms with Crippen molar-refractivity contribution < 1.29 is 18.8 Å². The smallest absolute Gasteiger partial charge is 0.410 e. The summed E-state index contributed by atoms with van der Waals surface area (Å²) in [4.78, 5) is 35.4. The van der Waals surface area contributed by atoms with E-state index in [0.717, 1.165) is 25.1 Å². The third kappa shape index (κ3) is 8.66. The van der Waals surface area contributed by atoms with Gasteiger partial charge in [0.15, 0.2) is 0 Å². The molecular weight excluding hydrogens is 474 g/mol. The molecule has 0 bridgehead atoms. The van der Waals surface area contributed by atoms with Crippen molar-refractivity contribution in [2.45, 2.75) is 78.4 Å². The molecule has 3 rings (SSSR count). The van der Waals surface area contributed by atoms with Gasteiger partial charge < -0.3 is 19.9 Å². The number of carbonyl (C=O) groups is 2. The summed E-state index contributed by atoms with van der Waals surface area (Å²) < 4.78 is 10.6. The fraction of sp³-hybridized carbons (Fsp3) is 0.577. The van der Waals surface area contributed by atoms with Gasteiger partial charge in [-0.1, -0.05) is 23.9 Å². The molecule has 1 aliphatic heterocycles. The largest absolute Gasteiger partial charge is 0.444 e. The molecule has 2 aromatic rings. The summed E-state index contributed by atoms with van der Waals surface area (Å²) in [6, 6.07) is 1.27. The van der Waals surface area contributed by atoms with Crippen molar-refractivity contribution in [2.24, 2.45) is 0 Å². The third-order valence-corrected chi connectivity index (χ3v) is 5.38. The van der Waals surface area contributed by atoms with Crippen molar-refractivity contribution >= 4 is 29.7 Å². The van der Waals surface area contributed by atoms with Gasteiger partial charge in [0, 0.05) is 32.1 Å². The fourth-order valence-electron chi connectivity index (χ4n) is 3.69. The summed E-state index contributed by atoms with van der Waals surface area (Å²) >= 11 is 0. The Morgan fingerprint density at radius 3 is 2.81 bits per heavy atom. The molecule has 3 heterocycles. The highest BCUT2D eigenvalue weighted by atomic mass is 16.6. The number of rotatable bonds is 9. The van der Waals surface area contributed by atoms with Gasteiger partial charge in [-0.15, -0.1) is 0 Å². The highest BCUT2D eigenvalue weighted by Gasteiger charge is 2.36. The van der Waals surface area contributed by atoms with Crippen LogP contribution in [0.15, 0.2) is 16.8 Å². The van der Waals surface area contributed by atoms with Crippen molar-refractivity contribution in [1.82, 2.24) is 25.3 Å². The minimum Gasteiger partial charge on any atom is -0.444 e. The van der Waals surface area contributed by atoms with Gasteiger partial charge in [-0.2, -0.15) is 4.98 Å². The molecule has 0 aliphatic carbocycles.